The summed E-state index contributed by atoms with van der Waals surface area (Å²) in [6.45, 7) is 11.8. The van der Waals surface area contributed by atoms with Crippen LogP contribution in [0.25, 0.3) is 22.3 Å². The average molecular weight is 608 g/mol. The Morgan fingerprint density at radius 2 is 1.84 bits per heavy atom. The summed E-state index contributed by atoms with van der Waals surface area (Å²) in [7, 11) is 0. The summed E-state index contributed by atoms with van der Waals surface area (Å²) in [5, 5.41) is 4.73. The van der Waals surface area contributed by atoms with Crippen molar-refractivity contribution in [2.45, 2.75) is 77.7 Å². The van der Waals surface area contributed by atoms with Gasteiger partial charge < -0.3 is 34.1 Å². The number of nitrogens with one attached hydrogen (secondary N) is 2. The van der Waals surface area contributed by atoms with Crippen LogP contribution in [-0.2, 0) is 24.8 Å². The normalized spacial score (nSPS) is 19.2. The van der Waals surface area contributed by atoms with Gasteiger partial charge in [0.15, 0.2) is 5.79 Å². The Kier molecular flexibility index (Phi) is 8.25. The Labute approximate surface area is 256 Å². The van der Waals surface area contributed by atoms with Crippen molar-refractivity contribution in [1.29, 1.82) is 0 Å². The number of nitrogens with zero attached hydrogens (tertiary/aromatic N) is 3. The van der Waals surface area contributed by atoms with Crippen LogP contribution < -0.4 is 10.1 Å². The lowest BCUT2D eigenvalue weighted by Gasteiger charge is -2.31. The molecule has 3 aliphatic rings. The number of aryl methyl sites for hydroxylation is 1. The SMILES string of the molecule is Cc1[nH]c2c(-c3cc(C4(C)OCCO4)ccc3OCC3CC3)ncnc2c1C(=O)NC1CCN(OC(=O)OC(C)(C)C)CC1. The molecule has 236 valence electrons. The number of fused-ring (bicyclic) bond motifs is 1. The molecule has 12 nitrogen and oxygen atoms in total. The van der Waals surface area contributed by atoms with E-state index in [4.69, 9.17) is 23.8 Å². The van der Waals surface area contributed by atoms with Gasteiger partial charge in [0.1, 0.15) is 28.9 Å². The maximum atomic E-state index is 13.6. The van der Waals surface area contributed by atoms with E-state index in [-0.39, 0.29) is 11.9 Å². The third kappa shape index (κ3) is 6.67. The number of rotatable bonds is 8. The minimum atomic E-state index is -0.861. The molecule has 4 heterocycles. The van der Waals surface area contributed by atoms with Crippen molar-refractivity contribution in [3.63, 3.8) is 0 Å². The second-order valence-electron chi connectivity index (χ2n) is 12.9. The molecule has 2 N–H and O–H groups in total. The second kappa shape index (κ2) is 12.0. The van der Waals surface area contributed by atoms with Crippen molar-refractivity contribution < 1.29 is 33.4 Å². The summed E-state index contributed by atoms with van der Waals surface area (Å²) < 4.78 is 23.4. The van der Waals surface area contributed by atoms with Crippen LogP contribution in [0, 0.1) is 12.8 Å². The molecule has 0 spiro atoms. The zero-order chi connectivity index (χ0) is 31.1. The molecule has 1 saturated carbocycles. The predicted octanol–water partition coefficient (Wildman–Crippen LogP) is 5.00. The summed E-state index contributed by atoms with van der Waals surface area (Å²) in [5.41, 5.74) is 4.00. The standard InChI is InChI=1S/C32H41N5O7/c1-19-25(29(38)36-22-10-12-37(13-11-22)44-30(39)43-31(2,3)4)27-28(35-19)26(33-18-34-27)23-16-21(32(5)41-14-15-42-32)8-9-24(23)40-17-20-6-7-20/h8-9,16,18,20,22,35H,6-7,10-15,17H2,1-5H3,(H,36,38). The molecule has 3 aromatic rings. The molecular formula is C32H41N5O7. The number of benzene rings is 1. The molecule has 12 heteroatoms. The lowest BCUT2D eigenvalue weighted by Crippen LogP contribution is -2.45. The first-order chi connectivity index (χ1) is 21.0. The predicted molar refractivity (Wildman–Crippen MR) is 161 cm³/mol. The number of ether oxygens (including phenoxy) is 4. The Morgan fingerprint density at radius 3 is 2.52 bits per heavy atom. The number of aromatic amines is 1. The lowest BCUT2D eigenvalue weighted by atomic mass is 10.0. The van der Waals surface area contributed by atoms with E-state index in [1.165, 1.54) is 19.2 Å². The van der Waals surface area contributed by atoms with Gasteiger partial charge in [-0.3, -0.25) is 4.79 Å². The summed E-state index contributed by atoms with van der Waals surface area (Å²) in [6.07, 6.45) is 4.34. The van der Waals surface area contributed by atoms with E-state index in [2.05, 4.69) is 20.3 Å². The zero-order valence-corrected chi connectivity index (χ0v) is 26.0. The maximum Gasteiger partial charge on any atom is 0.528 e. The quantitative estimate of drug-likeness (QED) is 0.337. The highest BCUT2D eigenvalue weighted by atomic mass is 16.8. The second-order valence-corrected chi connectivity index (χ2v) is 12.9. The minimum absolute atomic E-state index is 0.0853. The number of hydrogen-bond acceptors (Lipinski definition) is 10. The smallest absolute Gasteiger partial charge is 0.493 e. The van der Waals surface area contributed by atoms with Gasteiger partial charge in [-0.1, -0.05) is 0 Å². The van der Waals surface area contributed by atoms with Crippen LogP contribution in [-0.4, -0.2) is 76.6 Å². The van der Waals surface area contributed by atoms with Crippen LogP contribution >= 0.6 is 0 Å². The molecule has 2 aliphatic heterocycles. The van der Waals surface area contributed by atoms with E-state index in [0.717, 1.165) is 11.1 Å². The number of carbonyl (C=O) groups excluding carboxylic acids is 2. The molecule has 6 rings (SSSR count). The van der Waals surface area contributed by atoms with Crippen molar-refractivity contribution in [3.05, 3.63) is 41.3 Å². The van der Waals surface area contributed by atoms with Crippen molar-refractivity contribution in [1.82, 2.24) is 25.3 Å². The number of carbonyl (C=O) groups is 2. The van der Waals surface area contributed by atoms with E-state index >= 15 is 0 Å². The fraction of sp³-hybridized carbons (Fsp3) is 0.562. The Bertz CT molecular complexity index is 1530. The monoisotopic (exact) mass is 607 g/mol. The van der Waals surface area contributed by atoms with Gasteiger partial charge >= 0.3 is 6.16 Å². The van der Waals surface area contributed by atoms with E-state index < -0.39 is 17.5 Å². The van der Waals surface area contributed by atoms with Gasteiger partial charge in [0, 0.05) is 36.0 Å². The van der Waals surface area contributed by atoms with E-state index in [0.29, 0.717) is 85.4 Å². The minimum Gasteiger partial charge on any atom is -0.493 e. The van der Waals surface area contributed by atoms with Gasteiger partial charge in [-0.25, -0.2) is 14.8 Å². The Hall–Kier alpha value is -3.74. The number of hydrogen-bond donors (Lipinski definition) is 2. The molecule has 0 radical (unpaired) electrons. The molecule has 1 aliphatic carbocycles. The largest absolute Gasteiger partial charge is 0.528 e. The third-order valence-electron chi connectivity index (χ3n) is 8.15. The van der Waals surface area contributed by atoms with Crippen molar-refractivity contribution in [2.24, 2.45) is 5.92 Å². The molecule has 2 aromatic heterocycles. The topological polar surface area (TPSA) is 137 Å². The molecule has 44 heavy (non-hydrogen) atoms. The number of aromatic nitrogens is 3. The first-order valence-electron chi connectivity index (χ1n) is 15.3. The van der Waals surface area contributed by atoms with Gasteiger partial charge in [-0.05, 0) is 84.4 Å². The van der Waals surface area contributed by atoms with Crippen LogP contribution in [0.4, 0.5) is 4.79 Å². The van der Waals surface area contributed by atoms with Crippen molar-refractivity contribution >= 4 is 23.1 Å². The highest BCUT2D eigenvalue weighted by molar-refractivity contribution is 6.09. The Balaban J connectivity index is 1.22. The number of piperidine rings is 1. The van der Waals surface area contributed by atoms with Gasteiger partial charge in [-0.15, -0.1) is 5.06 Å². The van der Waals surface area contributed by atoms with E-state index in [1.807, 2.05) is 32.0 Å². The van der Waals surface area contributed by atoms with Crippen LogP contribution in [0.3, 0.4) is 0 Å². The first kappa shape index (κ1) is 30.3. The van der Waals surface area contributed by atoms with Gasteiger partial charge in [-0.2, -0.15) is 0 Å². The summed E-state index contributed by atoms with van der Waals surface area (Å²) in [6, 6.07) is 5.83. The lowest BCUT2D eigenvalue weighted by molar-refractivity contribution is -0.152. The van der Waals surface area contributed by atoms with E-state index in [9.17, 15) is 9.59 Å². The molecule has 1 amide bonds. The van der Waals surface area contributed by atoms with Crippen LogP contribution in [0.1, 0.15) is 75.0 Å². The fourth-order valence-electron chi connectivity index (χ4n) is 5.62. The molecule has 0 bridgehead atoms. The number of amides is 1. The average Bonchev–Trinajstić information content (AvgIpc) is 3.59. The maximum absolute atomic E-state index is 13.6. The molecule has 0 atom stereocenters. The van der Waals surface area contributed by atoms with Crippen LogP contribution in [0.2, 0.25) is 0 Å². The van der Waals surface area contributed by atoms with E-state index in [1.54, 1.807) is 25.8 Å². The Morgan fingerprint density at radius 1 is 1.11 bits per heavy atom. The summed E-state index contributed by atoms with van der Waals surface area (Å²) in [4.78, 5) is 43.6. The number of hydroxylamine groups is 2. The summed E-state index contributed by atoms with van der Waals surface area (Å²) >= 11 is 0. The third-order valence-corrected chi connectivity index (χ3v) is 8.15. The van der Waals surface area contributed by atoms with Gasteiger partial charge in [0.05, 0.1) is 30.9 Å². The molecule has 2 saturated heterocycles. The van der Waals surface area contributed by atoms with Crippen molar-refractivity contribution in [2.75, 3.05) is 32.9 Å². The van der Waals surface area contributed by atoms with Gasteiger partial charge in [0.2, 0.25) is 0 Å². The number of H-pyrrole nitrogens is 1. The van der Waals surface area contributed by atoms with Crippen molar-refractivity contribution in [3.8, 4) is 17.0 Å². The highest BCUT2D eigenvalue weighted by Crippen LogP contribution is 2.40. The fourth-order valence-corrected chi connectivity index (χ4v) is 5.62. The first-order valence-corrected chi connectivity index (χ1v) is 15.3. The molecule has 0 unspecified atom stereocenters. The van der Waals surface area contributed by atoms with Crippen LogP contribution in [0.15, 0.2) is 24.5 Å². The summed E-state index contributed by atoms with van der Waals surface area (Å²) in [5.74, 6) is 0.205. The van der Waals surface area contributed by atoms with Crippen LogP contribution in [0.5, 0.6) is 5.75 Å². The molecule has 1 aromatic carbocycles. The molecule has 3 fully saturated rings. The zero-order valence-electron chi connectivity index (χ0n) is 26.0. The molecular weight excluding hydrogens is 566 g/mol. The highest BCUT2D eigenvalue weighted by Gasteiger charge is 2.35. The van der Waals surface area contributed by atoms with Gasteiger partial charge in [0.25, 0.3) is 5.91 Å².